The first-order valence-electron chi connectivity index (χ1n) is 7.95. The second-order valence-electron chi connectivity index (χ2n) is 6.21. The highest BCUT2D eigenvalue weighted by Gasteiger charge is 2.32. The summed E-state index contributed by atoms with van der Waals surface area (Å²) >= 11 is 0. The summed E-state index contributed by atoms with van der Waals surface area (Å²) in [5.74, 6) is -0.513. The van der Waals surface area contributed by atoms with E-state index in [9.17, 15) is 13.6 Å². The maximum atomic E-state index is 13.7. The Morgan fingerprint density at radius 1 is 1.38 bits per heavy atom. The molecule has 0 aliphatic carbocycles. The van der Waals surface area contributed by atoms with Crippen molar-refractivity contribution < 1.29 is 18.1 Å². The average molecular weight is 335 g/mol. The predicted molar refractivity (Wildman–Crippen MR) is 84.6 cm³/mol. The highest BCUT2D eigenvalue weighted by molar-refractivity contribution is 5.89. The fourth-order valence-corrected chi connectivity index (χ4v) is 2.83. The van der Waals surface area contributed by atoms with Crippen LogP contribution in [0.2, 0.25) is 0 Å². The summed E-state index contributed by atoms with van der Waals surface area (Å²) in [6, 6.07) is 4.28. The van der Waals surface area contributed by atoms with Crippen LogP contribution in [-0.4, -0.2) is 22.6 Å². The van der Waals surface area contributed by atoms with Crippen molar-refractivity contribution in [2.45, 2.75) is 38.6 Å². The Kier molecular flexibility index (Phi) is 4.51. The second kappa shape index (κ2) is 6.59. The van der Waals surface area contributed by atoms with E-state index in [1.165, 1.54) is 6.07 Å². The summed E-state index contributed by atoms with van der Waals surface area (Å²) < 4.78 is 32.0. The summed E-state index contributed by atoms with van der Waals surface area (Å²) in [5.41, 5.74) is 0.654. The number of aromatic nitrogens is 1. The molecule has 0 spiro atoms. The Hall–Kier alpha value is -2.44. The molecule has 0 unspecified atom stereocenters. The van der Waals surface area contributed by atoms with Gasteiger partial charge < -0.3 is 14.7 Å². The molecule has 1 N–H and O–H groups in total. The van der Waals surface area contributed by atoms with Crippen LogP contribution in [0.4, 0.5) is 19.3 Å². The molecule has 1 aliphatic heterocycles. The van der Waals surface area contributed by atoms with E-state index in [2.05, 4.69) is 10.5 Å². The van der Waals surface area contributed by atoms with E-state index in [4.69, 9.17) is 4.52 Å². The Morgan fingerprint density at radius 2 is 2.17 bits per heavy atom. The van der Waals surface area contributed by atoms with Crippen LogP contribution in [0, 0.1) is 11.6 Å². The van der Waals surface area contributed by atoms with E-state index in [1.807, 2.05) is 19.9 Å². The molecule has 1 saturated heterocycles. The number of benzene rings is 1. The minimum atomic E-state index is -0.803. The first-order valence-corrected chi connectivity index (χ1v) is 7.95. The predicted octanol–water partition coefficient (Wildman–Crippen LogP) is 4.45. The molecule has 2 heterocycles. The van der Waals surface area contributed by atoms with Crippen LogP contribution in [-0.2, 0) is 0 Å². The molecule has 1 aromatic heterocycles. The minimum absolute atomic E-state index is 0.0462. The third kappa shape index (κ3) is 3.25. The molecule has 3 rings (SSSR count). The number of halogens is 2. The molecule has 0 bridgehead atoms. The Bertz CT molecular complexity index is 745. The third-order valence-electron chi connectivity index (χ3n) is 4.14. The largest absolute Gasteiger partial charge is 0.361 e. The molecule has 1 atom stereocenters. The van der Waals surface area contributed by atoms with Gasteiger partial charge in [-0.1, -0.05) is 19.0 Å². The fourth-order valence-electron chi connectivity index (χ4n) is 2.83. The van der Waals surface area contributed by atoms with Crippen molar-refractivity contribution >= 4 is 11.7 Å². The van der Waals surface area contributed by atoms with Crippen molar-refractivity contribution in [3.05, 3.63) is 47.4 Å². The summed E-state index contributed by atoms with van der Waals surface area (Å²) in [6.07, 6.45) is 1.59. The number of rotatable bonds is 3. The van der Waals surface area contributed by atoms with Crippen LogP contribution in [0.3, 0.4) is 0 Å². The molecule has 2 aromatic rings. The maximum absolute atomic E-state index is 13.7. The summed E-state index contributed by atoms with van der Waals surface area (Å²) in [7, 11) is 0. The zero-order valence-corrected chi connectivity index (χ0v) is 13.6. The van der Waals surface area contributed by atoms with Crippen LogP contribution in [0.1, 0.15) is 50.1 Å². The van der Waals surface area contributed by atoms with Crippen LogP contribution >= 0.6 is 0 Å². The van der Waals surface area contributed by atoms with Gasteiger partial charge in [0, 0.05) is 24.6 Å². The first kappa shape index (κ1) is 16.4. The maximum Gasteiger partial charge on any atom is 0.322 e. The van der Waals surface area contributed by atoms with Gasteiger partial charge in [0.1, 0.15) is 23.1 Å². The molecule has 7 heteroatoms. The Balaban J connectivity index is 1.75. The van der Waals surface area contributed by atoms with Gasteiger partial charge in [-0.2, -0.15) is 0 Å². The number of amides is 2. The van der Waals surface area contributed by atoms with Crippen molar-refractivity contribution in [1.82, 2.24) is 10.1 Å². The van der Waals surface area contributed by atoms with E-state index in [1.54, 1.807) is 4.90 Å². The van der Waals surface area contributed by atoms with Gasteiger partial charge in [0.15, 0.2) is 0 Å². The van der Waals surface area contributed by atoms with E-state index in [-0.39, 0.29) is 17.6 Å². The molecule has 5 nitrogen and oxygen atoms in total. The Labute approximate surface area is 138 Å². The topological polar surface area (TPSA) is 58.4 Å². The number of carbonyl (C=O) groups is 1. The van der Waals surface area contributed by atoms with Crippen LogP contribution < -0.4 is 5.32 Å². The molecule has 128 valence electrons. The van der Waals surface area contributed by atoms with E-state index in [0.29, 0.717) is 12.2 Å². The molecule has 0 radical (unpaired) electrons. The lowest BCUT2D eigenvalue weighted by atomic mass is 10.1. The molecular formula is C17H19F2N3O2. The number of urea groups is 1. The van der Waals surface area contributed by atoms with Gasteiger partial charge in [0.2, 0.25) is 0 Å². The standard InChI is InChI=1S/C17H19F2N3O2/c1-10(2)16-9-14(21-24-16)15-4-3-7-22(15)17(23)20-13-6-5-11(18)8-12(13)19/h5-6,8-10,15H,3-4,7H2,1-2H3,(H,20,23)/t15-/m1/s1. The SMILES string of the molecule is CC(C)c1cc([C@H]2CCCN2C(=O)Nc2ccc(F)cc2F)no1. The van der Waals surface area contributed by atoms with Gasteiger partial charge in [-0.05, 0) is 25.0 Å². The summed E-state index contributed by atoms with van der Waals surface area (Å²) in [5, 5.41) is 6.56. The normalized spacial score (nSPS) is 17.5. The van der Waals surface area contributed by atoms with Crippen molar-refractivity contribution in [3.8, 4) is 0 Å². The van der Waals surface area contributed by atoms with Gasteiger partial charge >= 0.3 is 6.03 Å². The van der Waals surface area contributed by atoms with E-state index < -0.39 is 17.7 Å². The fraction of sp³-hybridized carbons (Fsp3) is 0.412. The summed E-state index contributed by atoms with van der Waals surface area (Å²) in [4.78, 5) is 14.1. The minimum Gasteiger partial charge on any atom is -0.361 e. The molecule has 1 aliphatic rings. The Morgan fingerprint density at radius 3 is 2.83 bits per heavy atom. The van der Waals surface area contributed by atoms with Crippen molar-refractivity contribution in [2.75, 3.05) is 11.9 Å². The monoisotopic (exact) mass is 335 g/mol. The van der Waals surface area contributed by atoms with Crippen LogP contribution in [0.25, 0.3) is 0 Å². The number of likely N-dealkylation sites (tertiary alicyclic amines) is 1. The molecule has 1 fully saturated rings. The lowest BCUT2D eigenvalue weighted by Crippen LogP contribution is -2.34. The number of hydrogen-bond acceptors (Lipinski definition) is 3. The van der Waals surface area contributed by atoms with E-state index >= 15 is 0 Å². The zero-order valence-electron chi connectivity index (χ0n) is 13.6. The molecule has 24 heavy (non-hydrogen) atoms. The van der Waals surface area contributed by atoms with Crippen LogP contribution in [0.15, 0.2) is 28.8 Å². The molecular weight excluding hydrogens is 316 g/mol. The first-order chi connectivity index (χ1) is 11.5. The summed E-state index contributed by atoms with van der Waals surface area (Å²) in [6.45, 7) is 4.55. The van der Waals surface area contributed by atoms with Crippen molar-refractivity contribution in [3.63, 3.8) is 0 Å². The quantitative estimate of drug-likeness (QED) is 0.902. The molecule has 2 amide bonds. The molecule has 1 aromatic carbocycles. The number of carbonyl (C=O) groups excluding carboxylic acids is 1. The van der Waals surface area contributed by atoms with E-state index in [0.717, 1.165) is 30.7 Å². The smallest absolute Gasteiger partial charge is 0.322 e. The van der Waals surface area contributed by atoms with Gasteiger partial charge in [-0.15, -0.1) is 0 Å². The lowest BCUT2D eigenvalue weighted by Gasteiger charge is -2.23. The third-order valence-corrected chi connectivity index (χ3v) is 4.14. The van der Waals surface area contributed by atoms with Gasteiger partial charge in [-0.3, -0.25) is 0 Å². The van der Waals surface area contributed by atoms with Gasteiger partial charge in [0.05, 0.1) is 11.7 Å². The average Bonchev–Trinajstić information content (AvgIpc) is 3.17. The van der Waals surface area contributed by atoms with Crippen LogP contribution in [0.5, 0.6) is 0 Å². The number of nitrogens with zero attached hydrogens (tertiary/aromatic N) is 2. The number of nitrogens with one attached hydrogen (secondary N) is 1. The zero-order chi connectivity index (χ0) is 17.3. The number of anilines is 1. The number of hydrogen-bond donors (Lipinski definition) is 1. The highest BCUT2D eigenvalue weighted by atomic mass is 19.1. The highest BCUT2D eigenvalue weighted by Crippen LogP contribution is 2.33. The van der Waals surface area contributed by atoms with Gasteiger partial charge in [0.25, 0.3) is 0 Å². The van der Waals surface area contributed by atoms with Crippen molar-refractivity contribution in [1.29, 1.82) is 0 Å². The van der Waals surface area contributed by atoms with Crippen molar-refractivity contribution in [2.24, 2.45) is 0 Å². The lowest BCUT2D eigenvalue weighted by molar-refractivity contribution is 0.204. The van der Waals surface area contributed by atoms with Gasteiger partial charge in [-0.25, -0.2) is 13.6 Å². The second-order valence-corrected chi connectivity index (χ2v) is 6.21. The molecule has 0 saturated carbocycles.